The standard InChI is InChI=1S/C13H20N4O2/c1-16-12(10(5-15-16)13(18)19)8-17-6-9-3-2-4-14-11(9)7-17/h5,9,11,14H,2-4,6-8H2,1H3,(H,18,19). The highest BCUT2D eigenvalue weighted by Crippen LogP contribution is 2.26. The van der Waals surface area contributed by atoms with Crippen LogP contribution in [0.1, 0.15) is 28.9 Å². The minimum Gasteiger partial charge on any atom is -0.478 e. The average molecular weight is 264 g/mol. The van der Waals surface area contributed by atoms with Gasteiger partial charge in [0.05, 0.1) is 11.9 Å². The van der Waals surface area contributed by atoms with E-state index in [2.05, 4.69) is 15.3 Å². The van der Waals surface area contributed by atoms with Crippen LogP contribution in [0, 0.1) is 5.92 Å². The second-order valence-electron chi connectivity index (χ2n) is 5.59. The molecule has 0 spiro atoms. The predicted molar refractivity (Wildman–Crippen MR) is 70.0 cm³/mol. The third-order valence-electron chi connectivity index (χ3n) is 4.34. The first-order valence-electron chi connectivity index (χ1n) is 6.85. The second-order valence-corrected chi connectivity index (χ2v) is 5.59. The summed E-state index contributed by atoms with van der Waals surface area (Å²) in [6.45, 7) is 3.85. The van der Waals surface area contributed by atoms with Gasteiger partial charge in [0.2, 0.25) is 0 Å². The number of nitrogens with one attached hydrogen (secondary N) is 1. The van der Waals surface area contributed by atoms with Gasteiger partial charge in [-0.15, -0.1) is 0 Å². The fraction of sp³-hybridized carbons (Fsp3) is 0.692. The van der Waals surface area contributed by atoms with Crippen LogP contribution in [0.2, 0.25) is 0 Å². The Balaban J connectivity index is 1.72. The van der Waals surface area contributed by atoms with Crippen molar-refractivity contribution < 1.29 is 9.90 Å². The van der Waals surface area contributed by atoms with Crippen LogP contribution in [0.4, 0.5) is 0 Å². The van der Waals surface area contributed by atoms with Crippen LogP contribution in [-0.4, -0.2) is 51.4 Å². The Morgan fingerprint density at radius 1 is 1.58 bits per heavy atom. The van der Waals surface area contributed by atoms with Gasteiger partial charge in [0.25, 0.3) is 0 Å². The zero-order chi connectivity index (χ0) is 13.4. The van der Waals surface area contributed by atoms with Crippen molar-refractivity contribution in [3.05, 3.63) is 17.5 Å². The Kier molecular flexibility index (Phi) is 3.28. The van der Waals surface area contributed by atoms with Gasteiger partial charge in [0, 0.05) is 32.7 Å². The quantitative estimate of drug-likeness (QED) is 0.822. The van der Waals surface area contributed by atoms with Crippen molar-refractivity contribution in [3.8, 4) is 0 Å². The van der Waals surface area contributed by atoms with Crippen LogP contribution >= 0.6 is 0 Å². The molecule has 0 aliphatic carbocycles. The summed E-state index contributed by atoms with van der Waals surface area (Å²) in [5.74, 6) is -0.173. The van der Waals surface area contributed by atoms with Crippen molar-refractivity contribution in [2.75, 3.05) is 19.6 Å². The molecule has 104 valence electrons. The van der Waals surface area contributed by atoms with Gasteiger partial charge >= 0.3 is 5.97 Å². The Labute approximate surface area is 112 Å². The van der Waals surface area contributed by atoms with Crippen molar-refractivity contribution in [2.24, 2.45) is 13.0 Å². The molecule has 2 aliphatic rings. The molecule has 3 heterocycles. The van der Waals surface area contributed by atoms with Crippen LogP contribution < -0.4 is 5.32 Å². The van der Waals surface area contributed by atoms with E-state index in [1.807, 2.05) is 7.05 Å². The molecule has 6 heteroatoms. The predicted octanol–water partition coefficient (Wildman–Crippen LogP) is 0.302. The van der Waals surface area contributed by atoms with E-state index in [4.69, 9.17) is 0 Å². The average Bonchev–Trinajstić information content (AvgIpc) is 2.94. The molecule has 0 radical (unpaired) electrons. The summed E-state index contributed by atoms with van der Waals surface area (Å²) in [6, 6.07) is 0.579. The lowest BCUT2D eigenvalue weighted by Crippen LogP contribution is -2.40. The maximum absolute atomic E-state index is 11.2. The number of fused-ring (bicyclic) bond motifs is 1. The molecule has 2 unspecified atom stereocenters. The number of rotatable bonds is 3. The summed E-state index contributed by atoms with van der Waals surface area (Å²) >= 11 is 0. The number of aryl methyl sites for hydroxylation is 1. The first-order chi connectivity index (χ1) is 9.15. The van der Waals surface area contributed by atoms with E-state index in [9.17, 15) is 9.90 Å². The smallest absolute Gasteiger partial charge is 0.339 e. The number of carboxylic acid groups (broad SMARTS) is 1. The third kappa shape index (κ3) is 2.37. The second kappa shape index (κ2) is 4.94. The summed E-state index contributed by atoms with van der Waals surface area (Å²) < 4.78 is 1.68. The Morgan fingerprint density at radius 2 is 2.42 bits per heavy atom. The molecule has 1 aromatic rings. The van der Waals surface area contributed by atoms with Gasteiger partial charge in [-0.25, -0.2) is 4.79 Å². The maximum Gasteiger partial charge on any atom is 0.339 e. The van der Waals surface area contributed by atoms with Crippen LogP contribution in [0.5, 0.6) is 0 Å². The zero-order valence-electron chi connectivity index (χ0n) is 11.2. The molecular weight excluding hydrogens is 244 g/mol. The molecule has 2 N–H and O–H groups in total. The molecule has 0 saturated carbocycles. The fourth-order valence-electron chi connectivity index (χ4n) is 3.31. The number of aromatic nitrogens is 2. The Morgan fingerprint density at radius 3 is 3.16 bits per heavy atom. The molecule has 2 fully saturated rings. The van der Waals surface area contributed by atoms with Gasteiger partial charge in [0.1, 0.15) is 5.56 Å². The van der Waals surface area contributed by atoms with Crippen molar-refractivity contribution >= 4 is 5.97 Å². The Hall–Kier alpha value is -1.40. The van der Waals surface area contributed by atoms with Crippen molar-refractivity contribution in [2.45, 2.75) is 25.4 Å². The van der Waals surface area contributed by atoms with Crippen molar-refractivity contribution in [1.82, 2.24) is 20.0 Å². The summed E-state index contributed by atoms with van der Waals surface area (Å²) in [5, 5.41) is 16.8. The van der Waals surface area contributed by atoms with E-state index >= 15 is 0 Å². The summed E-state index contributed by atoms with van der Waals surface area (Å²) in [4.78, 5) is 13.5. The molecule has 0 aromatic carbocycles. The first-order valence-corrected chi connectivity index (χ1v) is 6.85. The first kappa shape index (κ1) is 12.6. The SMILES string of the molecule is Cn1ncc(C(=O)O)c1CN1CC2CCCNC2C1. The van der Waals surface area contributed by atoms with Crippen LogP contribution in [0.15, 0.2) is 6.20 Å². The number of aromatic carboxylic acids is 1. The zero-order valence-corrected chi connectivity index (χ0v) is 11.2. The number of nitrogens with zero attached hydrogens (tertiary/aromatic N) is 3. The lowest BCUT2D eigenvalue weighted by molar-refractivity contribution is 0.0694. The summed E-state index contributed by atoms with van der Waals surface area (Å²) in [5.41, 5.74) is 1.12. The van der Waals surface area contributed by atoms with Gasteiger partial charge in [-0.1, -0.05) is 0 Å². The number of carbonyl (C=O) groups is 1. The van der Waals surface area contributed by atoms with Crippen LogP contribution in [-0.2, 0) is 13.6 Å². The van der Waals surface area contributed by atoms with Crippen LogP contribution in [0.25, 0.3) is 0 Å². The molecule has 19 heavy (non-hydrogen) atoms. The molecule has 3 rings (SSSR count). The highest BCUT2D eigenvalue weighted by atomic mass is 16.4. The molecular formula is C13H20N4O2. The fourth-order valence-corrected chi connectivity index (χ4v) is 3.31. The van der Waals surface area contributed by atoms with E-state index in [0.29, 0.717) is 18.2 Å². The van der Waals surface area contributed by atoms with Crippen molar-refractivity contribution in [3.63, 3.8) is 0 Å². The normalized spacial score (nSPS) is 27.4. The summed E-state index contributed by atoms with van der Waals surface area (Å²) in [6.07, 6.45) is 3.98. The van der Waals surface area contributed by atoms with Gasteiger partial charge in [-0.2, -0.15) is 5.10 Å². The number of hydrogen-bond acceptors (Lipinski definition) is 4. The maximum atomic E-state index is 11.2. The monoisotopic (exact) mass is 264 g/mol. The van der Waals surface area contributed by atoms with E-state index in [0.717, 1.165) is 31.2 Å². The molecule has 6 nitrogen and oxygen atoms in total. The third-order valence-corrected chi connectivity index (χ3v) is 4.34. The highest BCUT2D eigenvalue weighted by molar-refractivity contribution is 5.88. The van der Waals surface area contributed by atoms with E-state index in [1.54, 1.807) is 4.68 Å². The lowest BCUT2D eigenvalue weighted by atomic mass is 9.94. The van der Waals surface area contributed by atoms with Gasteiger partial charge in [-0.3, -0.25) is 9.58 Å². The molecule has 0 amide bonds. The minimum absolute atomic E-state index is 0.324. The van der Waals surface area contributed by atoms with Gasteiger partial charge in [0.15, 0.2) is 0 Å². The van der Waals surface area contributed by atoms with Crippen molar-refractivity contribution in [1.29, 1.82) is 0 Å². The summed E-state index contributed by atoms with van der Waals surface area (Å²) in [7, 11) is 1.81. The minimum atomic E-state index is -0.891. The largest absolute Gasteiger partial charge is 0.478 e. The topological polar surface area (TPSA) is 70.4 Å². The van der Waals surface area contributed by atoms with E-state index in [-0.39, 0.29) is 0 Å². The number of carboxylic acids is 1. The molecule has 2 atom stereocenters. The van der Waals surface area contributed by atoms with Gasteiger partial charge < -0.3 is 10.4 Å². The number of hydrogen-bond donors (Lipinski definition) is 2. The van der Waals surface area contributed by atoms with Crippen LogP contribution in [0.3, 0.4) is 0 Å². The molecule has 0 bridgehead atoms. The van der Waals surface area contributed by atoms with E-state index in [1.165, 1.54) is 19.0 Å². The lowest BCUT2D eigenvalue weighted by Gasteiger charge is -2.24. The van der Waals surface area contributed by atoms with Gasteiger partial charge in [-0.05, 0) is 25.3 Å². The molecule has 1 aromatic heterocycles. The highest BCUT2D eigenvalue weighted by Gasteiger charge is 2.34. The number of piperidine rings is 1. The molecule has 2 aliphatic heterocycles. The number of likely N-dealkylation sites (tertiary alicyclic amines) is 1. The molecule has 2 saturated heterocycles. The Bertz CT molecular complexity index is 471. The van der Waals surface area contributed by atoms with E-state index < -0.39 is 5.97 Å².